The Bertz CT molecular complexity index is 755. The maximum absolute atomic E-state index is 13.4. The van der Waals surface area contributed by atoms with Gasteiger partial charge < -0.3 is 10.4 Å². The molecule has 120 valence electrons. The van der Waals surface area contributed by atoms with Gasteiger partial charge in [-0.3, -0.25) is 0 Å². The molecule has 1 aliphatic rings. The Hall–Kier alpha value is -2.36. The lowest BCUT2D eigenvalue weighted by molar-refractivity contribution is 0.161. The lowest BCUT2D eigenvalue weighted by Crippen LogP contribution is -2.40. The number of halogens is 1. The molecule has 0 saturated carbocycles. The smallest absolute Gasteiger partial charge is 0.405 e. The molecule has 0 unspecified atom stereocenters. The molecule has 1 aliphatic carbocycles. The van der Waals surface area contributed by atoms with Crippen LogP contribution < -0.4 is 5.32 Å². The van der Waals surface area contributed by atoms with Crippen molar-refractivity contribution in [3.63, 3.8) is 0 Å². The second-order valence-corrected chi connectivity index (χ2v) is 6.80. The van der Waals surface area contributed by atoms with E-state index in [1.807, 2.05) is 18.2 Å². The number of benzene rings is 2. The van der Waals surface area contributed by atoms with Crippen molar-refractivity contribution in [1.29, 1.82) is 0 Å². The Labute approximate surface area is 135 Å². The topological polar surface area (TPSA) is 49.3 Å². The van der Waals surface area contributed by atoms with Gasteiger partial charge in [0.15, 0.2) is 0 Å². The van der Waals surface area contributed by atoms with Gasteiger partial charge in [0.05, 0.1) is 6.04 Å². The van der Waals surface area contributed by atoms with Gasteiger partial charge in [0.1, 0.15) is 5.82 Å². The molecule has 0 radical (unpaired) electrons. The largest absolute Gasteiger partial charge is 0.465 e. The van der Waals surface area contributed by atoms with Crippen molar-refractivity contribution in [2.24, 2.45) is 5.41 Å². The maximum Gasteiger partial charge on any atom is 0.405 e. The zero-order valence-electron chi connectivity index (χ0n) is 13.3. The molecular formula is C19H20FNO2. The fourth-order valence-corrected chi connectivity index (χ4v) is 3.37. The zero-order valence-corrected chi connectivity index (χ0v) is 13.3. The van der Waals surface area contributed by atoms with Crippen molar-refractivity contribution in [3.8, 4) is 11.1 Å². The fourth-order valence-electron chi connectivity index (χ4n) is 3.37. The van der Waals surface area contributed by atoms with Crippen LogP contribution in [0.25, 0.3) is 11.1 Å². The van der Waals surface area contributed by atoms with Crippen LogP contribution in [0, 0.1) is 11.2 Å². The molecule has 3 nitrogen and oxygen atoms in total. The molecule has 0 aliphatic heterocycles. The minimum atomic E-state index is -1.01. The average Bonchev–Trinajstić information content (AvgIpc) is 2.49. The molecule has 0 saturated heterocycles. The monoisotopic (exact) mass is 313 g/mol. The molecule has 0 fully saturated rings. The highest BCUT2D eigenvalue weighted by atomic mass is 19.1. The van der Waals surface area contributed by atoms with Gasteiger partial charge >= 0.3 is 6.09 Å². The summed E-state index contributed by atoms with van der Waals surface area (Å²) in [5.41, 5.74) is 3.80. The molecule has 1 amide bonds. The first-order chi connectivity index (χ1) is 10.9. The summed E-state index contributed by atoms with van der Waals surface area (Å²) < 4.78 is 13.4. The van der Waals surface area contributed by atoms with Crippen LogP contribution in [0.2, 0.25) is 0 Å². The van der Waals surface area contributed by atoms with E-state index < -0.39 is 6.09 Å². The van der Waals surface area contributed by atoms with Crippen molar-refractivity contribution in [3.05, 3.63) is 59.4 Å². The van der Waals surface area contributed by atoms with Crippen LogP contribution in [0.3, 0.4) is 0 Å². The highest BCUT2D eigenvalue weighted by Crippen LogP contribution is 2.44. The summed E-state index contributed by atoms with van der Waals surface area (Å²) >= 11 is 0. The Morgan fingerprint density at radius 3 is 2.65 bits per heavy atom. The highest BCUT2D eigenvalue weighted by Gasteiger charge is 2.36. The first-order valence-electron chi connectivity index (χ1n) is 7.75. The summed E-state index contributed by atoms with van der Waals surface area (Å²) in [5.74, 6) is -0.258. The first-order valence-corrected chi connectivity index (χ1v) is 7.75. The van der Waals surface area contributed by atoms with Gasteiger partial charge in [0.2, 0.25) is 0 Å². The number of hydrogen-bond donors (Lipinski definition) is 2. The van der Waals surface area contributed by atoms with Crippen molar-refractivity contribution in [2.45, 2.75) is 32.7 Å². The van der Waals surface area contributed by atoms with Crippen LogP contribution in [-0.4, -0.2) is 11.2 Å². The Morgan fingerprint density at radius 2 is 1.96 bits per heavy atom. The van der Waals surface area contributed by atoms with E-state index in [0.29, 0.717) is 0 Å². The number of carbonyl (C=O) groups is 1. The molecule has 1 atom stereocenters. The molecule has 2 N–H and O–H groups in total. The van der Waals surface area contributed by atoms with Crippen LogP contribution in [0.4, 0.5) is 9.18 Å². The Morgan fingerprint density at radius 1 is 1.22 bits per heavy atom. The summed E-state index contributed by atoms with van der Waals surface area (Å²) in [5, 5.41) is 11.8. The minimum absolute atomic E-state index is 0.133. The lowest BCUT2D eigenvalue weighted by Gasteiger charge is -2.40. The summed E-state index contributed by atoms with van der Waals surface area (Å²) in [6.45, 7) is 4.16. The van der Waals surface area contributed by atoms with E-state index in [-0.39, 0.29) is 17.3 Å². The first kappa shape index (κ1) is 15.5. The van der Waals surface area contributed by atoms with Crippen LogP contribution in [0.15, 0.2) is 42.5 Å². The summed E-state index contributed by atoms with van der Waals surface area (Å²) in [6, 6.07) is 12.2. The molecular weight excluding hydrogens is 293 g/mol. The van der Waals surface area contributed by atoms with Crippen molar-refractivity contribution in [1.82, 2.24) is 5.32 Å². The number of amides is 1. The maximum atomic E-state index is 13.4. The van der Waals surface area contributed by atoms with E-state index in [9.17, 15) is 9.18 Å². The van der Waals surface area contributed by atoms with Crippen LogP contribution >= 0.6 is 0 Å². The second kappa shape index (κ2) is 5.69. The van der Waals surface area contributed by atoms with E-state index in [4.69, 9.17) is 5.11 Å². The van der Waals surface area contributed by atoms with E-state index in [1.54, 1.807) is 6.07 Å². The highest BCUT2D eigenvalue weighted by molar-refractivity contribution is 5.68. The summed E-state index contributed by atoms with van der Waals surface area (Å²) in [6.07, 6.45) is 0.783. The molecule has 0 heterocycles. The van der Waals surface area contributed by atoms with Crippen LogP contribution in [0.1, 0.15) is 37.4 Å². The van der Waals surface area contributed by atoms with E-state index in [2.05, 4.69) is 25.2 Å². The third-order valence-corrected chi connectivity index (χ3v) is 4.70. The molecule has 2 aromatic carbocycles. The van der Waals surface area contributed by atoms with Gasteiger partial charge in [0.25, 0.3) is 0 Å². The van der Waals surface area contributed by atoms with Gasteiger partial charge in [-0.15, -0.1) is 0 Å². The molecule has 0 bridgehead atoms. The zero-order chi connectivity index (χ0) is 16.6. The number of carboxylic acid groups (broad SMARTS) is 1. The third-order valence-electron chi connectivity index (χ3n) is 4.70. The second-order valence-electron chi connectivity index (χ2n) is 6.80. The molecule has 23 heavy (non-hydrogen) atoms. The molecule has 0 spiro atoms. The Kier molecular flexibility index (Phi) is 3.84. The van der Waals surface area contributed by atoms with Gasteiger partial charge in [-0.2, -0.15) is 0 Å². The number of nitrogens with one attached hydrogen (secondary N) is 1. The number of aryl methyl sites for hydroxylation is 1. The van der Waals surface area contributed by atoms with Crippen molar-refractivity contribution < 1.29 is 14.3 Å². The van der Waals surface area contributed by atoms with E-state index >= 15 is 0 Å². The summed E-state index contributed by atoms with van der Waals surface area (Å²) in [4.78, 5) is 11.1. The average molecular weight is 313 g/mol. The van der Waals surface area contributed by atoms with E-state index in [0.717, 1.165) is 35.1 Å². The SMILES string of the molecule is CC1(C)CCc2cc(-c3cccc(F)c3)ccc2[C@H]1NC(=O)O. The predicted octanol–water partition coefficient (Wildman–Crippen LogP) is 4.77. The van der Waals surface area contributed by atoms with Crippen LogP contribution in [-0.2, 0) is 6.42 Å². The number of hydrogen-bond acceptors (Lipinski definition) is 1. The predicted molar refractivity (Wildman–Crippen MR) is 87.8 cm³/mol. The van der Waals surface area contributed by atoms with Gasteiger partial charge in [0, 0.05) is 0 Å². The molecule has 2 aromatic rings. The molecule has 3 rings (SSSR count). The third kappa shape index (κ3) is 3.07. The van der Waals surface area contributed by atoms with E-state index in [1.165, 1.54) is 12.1 Å². The van der Waals surface area contributed by atoms with Gasteiger partial charge in [-0.05, 0) is 52.6 Å². The summed E-state index contributed by atoms with van der Waals surface area (Å²) in [7, 11) is 0. The van der Waals surface area contributed by atoms with Crippen molar-refractivity contribution >= 4 is 6.09 Å². The number of fused-ring (bicyclic) bond motifs is 1. The lowest BCUT2D eigenvalue weighted by atomic mass is 9.70. The quantitative estimate of drug-likeness (QED) is 0.838. The van der Waals surface area contributed by atoms with Gasteiger partial charge in [-0.25, -0.2) is 9.18 Å². The Balaban J connectivity index is 2.02. The minimum Gasteiger partial charge on any atom is -0.465 e. The van der Waals surface area contributed by atoms with Crippen LogP contribution in [0.5, 0.6) is 0 Å². The molecule has 4 heteroatoms. The number of rotatable bonds is 2. The fraction of sp³-hybridized carbons (Fsp3) is 0.316. The molecule has 0 aromatic heterocycles. The van der Waals surface area contributed by atoms with Gasteiger partial charge in [-0.1, -0.05) is 44.2 Å². The standard InChI is InChI=1S/C19H20FNO2/c1-19(2)9-8-14-10-13(12-4-3-5-15(20)11-12)6-7-16(14)17(19)21-18(22)23/h3-7,10-11,17,21H,8-9H2,1-2H3,(H,22,23)/t17-/m1/s1. The van der Waals surface area contributed by atoms with Crippen molar-refractivity contribution in [2.75, 3.05) is 0 Å². The normalized spacial score (nSPS) is 19.0.